The Morgan fingerprint density at radius 3 is 3.00 bits per heavy atom. The maximum Gasteiger partial charge on any atom is 0.0756 e. The molecule has 1 saturated heterocycles. The molecule has 0 aromatic carbocycles. The Hall–Kier alpha value is -0.300. The van der Waals surface area contributed by atoms with Crippen molar-refractivity contribution in [1.82, 2.24) is 0 Å². The molecule has 0 saturated carbocycles. The van der Waals surface area contributed by atoms with Crippen molar-refractivity contribution in [2.45, 2.75) is 39.2 Å². The second-order valence-corrected chi connectivity index (χ2v) is 2.83. The monoisotopic (exact) mass is 140 g/mol. The summed E-state index contributed by atoms with van der Waals surface area (Å²) in [5, 5.41) is 0. The van der Waals surface area contributed by atoms with Crippen LogP contribution in [0.2, 0.25) is 0 Å². The topological polar surface area (TPSA) is 9.23 Å². The number of hydrogen-bond acceptors (Lipinski definition) is 1. The van der Waals surface area contributed by atoms with Crippen molar-refractivity contribution in [2.75, 3.05) is 6.61 Å². The van der Waals surface area contributed by atoms with Crippen molar-refractivity contribution < 1.29 is 4.74 Å². The van der Waals surface area contributed by atoms with Crippen molar-refractivity contribution >= 4 is 0 Å². The molecule has 1 atom stereocenters. The van der Waals surface area contributed by atoms with Crippen molar-refractivity contribution in [1.29, 1.82) is 0 Å². The zero-order valence-electron chi connectivity index (χ0n) is 6.89. The maximum atomic E-state index is 5.54. The highest BCUT2D eigenvalue weighted by molar-refractivity contribution is 5.06. The molecule has 1 heterocycles. The van der Waals surface area contributed by atoms with Gasteiger partial charge in [0.1, 0.15) is 0 Å². The number of allylic oxidation sites excluding steroid dienone is 1. The van der Waals surface area contributed by atoms with E-state index < -0.39 is 0 Å². The van der Waals surface area contributed by atoms with E-state index in [-0.39, 0.29) is 0 Å². The Bertz CT molecular complexity index is 127. The molecular weight excluding hydrogens is 124 g/mol. The van der Waals surface area contributed by atoms with Gasteiger partial charge in [0.05, 0.1) is 6.10 Å². The zero-order valence-corrected chi connectivity index (χ0v) is 6.89. The second kappa shape index (κ2) is 3.77. The van der Waals surface area contributed by atoms with Gasteiger partial charge in [0.25, 0.3) is 0 Å². The standard InChI is InChI=1S/C9H16O/c1-3-9-6-4-5-7-10-8(9)2/h3,8H,4-7H2,1-2H3. The Morgan fingerprint density at radius 1 is 1.50 bits per heavy atom. The van der Waals surface area contributed by atoms with Crippen LogP contribution >= 0.6 is 0 Å². The fraction of sp³-hybridized carbons (Fsp3) is 0.778. The summed E-state index contributed by atoms with van der Waals surface area (Å²) in [6.45, 7) is 5.18. The Labute approximate surface area is 63.1 Å². The molecule has 10 heavy (non-hydrogen) atoms. The number of rotatable bonds is 0. The van der Waals surface area contributed by atoms with Crippen molar-refractivity contribution in [3.63, 3.8) is 0 Å². The van der Waals surface area contributed by atoms with Crippen LogP contribution in [0.25, 0.3) is 0 Å². The predicted octanol–water partition coefficient (Wildman–Crippen LogP) is 2.52. The van der Waals surface area contributed by atoms with Gasteiger partial charge >= 0.3 is 0 Å². The van der Waals surface area contributed by atoms with Crippen molar-refractivity contribution in [3.8, 4) is 0 Å². The van der Waals surface area contributed by atoms with Crippen LogP contribution in [-0.2, 0) is 4.74 Å². The predicted molar refractivity (Wildman–Crippen MR) is 43.0 cm³/mol. The highest BCUT2D eigenvalue weighted by Gasteiger charge is 2.11. The summed E-state index contributed by atoms with van der Waals surface area (Å²) in [4.78, 5) is 0. The lowest BCUT2D eigenvalue weighted by Crippen LogP contribution is -2.08. The van der Waals surface area contributed by atoms with Crippen molar-refractivity contribution in [3.05, 3.63) is 11.6 Å². The normalized spacial score (nSPS) is 32.2. The van der Waals surface area contributed by atoms with Crippen LogP contribution in [0.1, 0.15) is 33.1 Å². The van der Waals surface area contributed by atoms with E-state index in [2.05, 4.69) is 19.9 Å². The van der Waals surface area contributed by atoms with E-state index in [9.17, 15) is 0 Å². The largest absolute Gasteiger partial charge is 0.374 e. The first-order valence-electron chi connectivity index (χ1n) is 4.11. The van der Waals surface area contributed by atoms with Crippen LogP contribution < -0.4 is 0 Å². The van der Waals surface area contributed by atoms with Crippen LogP contribution in [0.4, 0.5) is 0 Å². The first kappa shape index (κ1) is 7.80. The molecular formula is C9H16O. The van der Waals surface area contributed by atoms with Crippen LogP contribution in [0.15, 0.2) is 11.6 Å². The first-order valence-corrected chi connectivity index (χ1v) is 4.11. The molecule has 0 aliphatic carbocycles. The Kier molecular flexibility index (Phi) is 2.94. The van der Waals surface area contributed by atoms with Gasteiger partial charge in [-0.15, -0.1) is 0 Å². The van der Waals surface area contributed by atoms with Gasteiger partial charge < -0.3 is 4.74 Å². The quantitative estimate of drug-likeness (QED) is 0.470. The van der Waals surface area contributed by atoms with E-state index in [1.807, 2.05) is 0 Å². The number of hydrogen-bond donors (Lipinski definition) is 0. The lowest BCUT2D eigenvalue weighted by molar-refractivity contribution is 0.0963. The summed E-state index contributed by atoms with van der Waals surface area (Å²) in [5.41, 5.74) is 1.47. The van der Waals surface area contributed by atoms with Gasteiger partial charge in [0, 0.05) is 6.61 Å². The van der Waals surface area contributed by atoms with Crippen LogP contribution in [0.3, 0.4) is 0 Å². The van der Waals surface area contributed by atoms with Gasteiger partial charge in [-0.2, -0.15) is 0 Å². The third-order valence-electron chi connectivity index (χ3n) is 2.12. The summed E-state index contributed by atoms with van der Waals surface area (Å²) in [7, 11) is 0. The van der Waals surface area contributed by atoms with Crippen LogP contribution in [-0.4, -0.2) is 12.7 Å². The molecule has 1 nitrogen and oxygen atoms in total. The molecule has 0 aromatic rings. The molecule has 1 rings (SSSR count). The minimum atomic E-state index is 0.368. The van der Waals surface area contributed by atoms with E-state index in [0.717, 1.165) is 6.61 Å². The molecule has 1 aliphatic heterocycles. The van der Waals surface area contributed by atoms with Crippen molar-refractivity contribution in [2.24, 2.45) is 0 Å². The summed E-state index contributed by atoms with van der Waals surface area (Å²) in [5.74, 6) is 0. The third-order valence-corrected chi connectivity index (χ3v) is 2.12. The molecule has 0 aromatic heterocycles. The summed E-state index contributed by atoms with van der Waals surface area (Å²) in [6, 6.07) is 0. The van der Waals surface area contributed by atoms with E-state index in [1.54, 1.807) is 0 Å². The summed E-state index contributed by atoms with van der Waals surface area (Å²) < 4.78 is 5.54. The summed E-state index contributed by atoms with van der Waals surface area (Å²) in [6.07, 6.45) is 6.31. The first-order chi connectivity index (χ1) is 4.84. The molecule has 58 valence electrons. The maximum absolute atomic E-state index is 5.54. The fourth-order valence-electron chi connectivity index (χ4n) is 1.38. The molecule has 0 spiro atoms. The molecule has 1 aliphatic rings. The summed E-state index contributed by atoms with van der Waals surface area (Å²) >= 11 is 0. The molecule has 0 bridgehead atoms. The van der Waals surface area contributed by atoms with Gasteiger partial charge in [0.2, 0.25) is 0 Å². The molecule has 1 fully saturated rings. The van der Waals surface area contributed by atoms with Crippen LogP contribution in [0.5, 0.6) is 0 Å². The van der Waals surface area contributed by atoms with E-state index in [0.29, 0.717) is 6.10 Å². The van der Waals surface area contributed by atoms with Gasteiger partial charge in [-0.3, -0.25) is 0 Å². The lowest BCUT2D eigenvalue weighted by Gasteiger charge is -2.11. The highest BCUT2D eigenvalue weighted by Crippen LogP contribution is 2.18. The Morgan fingerprint density at radius 2 is 2.30 bits per heavy atom. The van der Waals surface area contributed by atoms with Gasteiger partial charge in [-0.1, -0.05) is 6.08 Å². The Balaban J connectivity index is 2.52. The molecule has 1 unspecified atom stereocenters. The minimum absolute atomic E-state index is 0.368. The van der Waals surface area contributed by atoms with Gasteiger partial charge in [-0.05, 0) is 38.7 Å². The van der Waals surface area contributed by atoms with E-state index in [4.69, 9.17) is 4.74 Å². The SMILES string of the molecule is CC=C1CCCCOC1C. The fourth-order valence-corrected chi connectivity index (χ4v) is 1.38. The average molecular weight is 140 g/mol. The molecule has 1 heteroatoms. The average Bonchev–Trinajstić information content (AvgIpc) is 2.13. The second-order valence-electron chi connectivity index (χ2n) is 2.83. The molecule has 0 amide bonds. The van der Waals surface area contributed by atoms with E-state index in [1.165, 1.54) is 24.8 Å². The van der Waals surface area contributed by atoms with E-state index >= 15 is 0 Å². The third kappa shape index (κ3) is 1.84. The smallest absolute Gasteiger partial charge is 0.0756 e. The zero-order chi connectivity index (χ0) is 7.40. The van der Waals surface area contributed by atoms with Gasteiger partial charge in [-0.25, -0.2) is 0 Å². The minimum Gasteiger partial charge on any atom is -0.374 e. The van der Waals surface area contributed by atoms with Gasteiger partial charge in [0.15, 0.2) is 0 Å². The molecule has 0 N–H and O–H groups in total. The highest BCUT2D eigenvalue weighted by atomic mass is 16.5. The molecule has 0 radical (unpaired) electrons. The van der Waals surface area contributed by atoms with Crippen LogP contribution in [0, 0.1) is 0 Å². The lowest BCUT2D eigenvalue weighted by atomic mass is 10.1. The number of ether oxygens (including phenoxy) is 1.